The van der Waals surface area contributed by atoms with Gasteiger partial charge in [0.1, 0.15) is 11.0 Å². The Bertz CT molecular complexity index is 1340. The molecule has 1 aromatic carbocycles. The molecule has 3 aromatic rings. The molecule has 34 heavy (non-hydrogen) atoms. The molecule has 0 radical (unpaired) electrons. The zero-order valence-corrected chi connectivity index (χ0v) is 19.0. The van der Waals surface area contributed by atoms with Crippen LogP contribution in [0.4, 0.5) is 24.8 Å². The molecule has 3 heterocycles. The van der Waals surface area contributed by atoms with Crippen LogP contribution in [0.1, 0.15) is 41.9 Å². The molecule has 1 saturated heterocycles. The number of pyridine rings is 1. The van der Waals surface area contributed by atoms with E-state index in [1.54, 1.807) is 11.8 Å². The van der Waals surface area contributed by atoms with E-state index in [1.807, 2.05) is 0 Å². The maximum atomic E-state index is 14.5. The van der Waals surface area contributed by atoms with Crippen LogP contribution < -0.4 is 15.8 Å². The van der Waals surface area contributed by atoms with Crippen molar-refractivity contribution < 1.29 is 23.1 Å². The molecule has 4 rings (SSSR count). The first-order valence-corrected chi connectivity index (χ1v) is 10.8. The van der Waals surface area contributed by atoms with Gasteiger partial charge in [-0.05, 0) is 31.2 Å². The Kier molecular flexibility index (Phi) is 6.15. The summed E-state index contributed by atoms with van der Waals surface area (Å²) in [4.78, 5) is 34.6. The maximum Gasteiger partial charge on any atom is 0.356 e. The second kappa shape index (κ2) is 8.79. The highest BCUT2D eigenvalue weighted by molar-refractivity contribution is 6.29. The maximum absolute atomic E-state index is 14.5. The number of nitrogens with zero attached hydrogens (tertiary/aromatic N) is 4. The van der Waals surface area contributed by atoms with E-state index in [2.05, 4.69) is 15.3 Å². The number of carboxylic acids is 1. The summed E-state index contributed by atoms with van der Waals surface area (Å²) in [5.74, 6) is -4.55. The van der Waals surface area contributed by atoms with Gasteiger partial charge in [-0.2, -0.15) is 0 Å². The number of anilines is 2. The highest BCUT2D eigenvalue weighted by Gasteiger charge is 2.35. The minimum absolute atomic E-state index is 0.00581. The van der Waals surface area contributed by atoms with E-state index in [4.69, 9.17) is 11.6 Å². The molecule has 0 aliphatic carbocycles. The van der Waals surface area contributed by atoms with Gasteiger partial charge >= 0.3 is 5.97 Å². The van der Waals surface area contributed by atoms with Gasteiger partial charge in [0.2, 0.25) is 5.95 Å². The van der Waals surface area contributed by atoms with Crippen LogP contribution in [0.2, 0.25) is 5.15 Å². The van der Waals surface area contributed by atoms with E-state index < -0.39 is 29.3 Å². The first kappa shape index (κ1) is 23.8. The van der Waals surface area contributed by atoms with Crippen molar-refractivity contribution in [3.05, 3.63) is 56.8 Å². The standard InChI is InChI=1S/C22H21ClF3N5O3/c1-11(27-15-3-4-16(23)28-18(15)20(33)34)13-9-12(24)10-14-17(13)29-21(30(2)19(14)32)31-7-5-22(25,26)6-8-31/h3-4,9-11,27H,5-8H2,1-2H3,(H,33,34)/t11-/m1/s1. The molecule has 0 bridgehead atoms. The van der Waals surface area contributed by atoms with Crippen molar-refractivity contribution in [3.63, 3.8) is 0 Å². The SMILES string of the molecule is C[C@@H](Nc1ccc(Cl)nc1C(=O)O)c1cc(F)cc2c(=O)n(C)c(N3CCC(F)(F)CC3)nc12. The highest BCUT2D eigenvalue weighted by atomic mass is 35.5. The molecule has 12 heteroatoms. The Morgan fingerprint density at radius 2 is 1.91 bits per heavy atom. The smallest absolute Gasteiger partial charge is 0.356 e. The Morgan fingerprint density at radius 1 is 1.24 bits per heavy atom. The normalized spacial score (nSPS) is 16.5. The van der Waals surface area contributed by atoms with Crippen molar-refractivity contribution >= 4 is 40.1 Å². The zero-order chi connectivity index (χ0) is 24.8. The van der Waals surface area contributed by atoms with Gasteiger partial charge in [-0.25, -0.2) is 27.9 Å². The molecular weight excluding hydrogens is 475 g/mol. The number of hydrogen-bond donors (Lipinski definition) is 2. The number of alkyl halides is 2. The fraction of sp³-hybridized carbons (Fsp3) is 0.364. The van der Waals surface area contributed by atoms with Crippen LogP contribution in [0.3, 0.4) is 0 Å². The number of aromatic nitrogens is 3. The van der Waals surface area contributed by atoms with Crippen molar-refractivity contribution in [2.24, 2.45) is 7.05 Å². The first-order chi connectivity index (χ1) is 16.0. The molecule has 1 fully saturated rings. The van der Waals surface area contributed by atoms with Crippen molar-refractivity contribution in [3.8, 4) is 0 Å². The third-order valence-electron chi connectivity index (χ3n) is 5.83. The molecule has 2 N–H and O–H groups in total. The Morgan fingerprint density at radius 3 is 2.56 bits per heavy atom. The molecule has 0 unspecified atom stereocenters. The number of aromatic carboxylic acids is 1. The lowest BCUT2D eigenvalue weighted by Gasteiger charge is -2.33. The lowest BCUT2D eigenvalue weighted by Crippen LogP contribution is -2.42. The minimum Gasteiger partial charge on any atom is -0.476 e. The second-order valence-corrected chi connectivity index (χ2v) is 8.60. The third kappa shape index (κ3) is 4.52. The van der Waals surface area contributed by atoms with E-state index in [1.165, 1.54) is 29.8 Å². The van der Waals surface area contributed by atoms with Crippen LogP contribution in [-0.4, -0.2) is 44.6 Å². The third-order valence-corrected chi connectivity index (χ3v) is 6.04. The van der Waals surface area contributed by atoms with Gasteiger partial charge in [-0.3, -0.25) is 9.36 Å². The van der Waals surface area contributed by atoms with Crippen molar-refractivity contribution in [2.75, 3.05) is 23.3 Å². The van der Waals surface area contributed by atoms with Gasteiger partial charge in [0.05, 0.1) is 22.6 Å². The molecule has 180 valence electrons. The average molecular weight is 496 g/mol. The fourth-order valence-corrected chi connectivity index (χ4v) is 4.17. The van der Waals surface area contributed by atoms with E-state index in [0.717, 1.165) is 6.07 Å². The Balaban J connectivity index is 1.79. The van der Waals surface area contributed by atoms with Crippen LogP contribution in [0.5, 0.6) is 0 Å². The molecule has 1 aliphatic rings. The zero-order valence-electron chi connectivity index (χ0n) is 18.3. The number of carboxylic acid groups (broad SMARTS) is 1. The number of piperidine rings is 1. The molecule has 2 aromatic heterocycles. The summed E-state index contributed by atoms with van der Waals surface area (Å²) in [5.41, 5.74) is -0.217. The molecule has 1 atom stereocenters. The number of hydrogen-bond acceptors (Lipinski definition) is 6. The van der Waals surface area contributed by atoms with Crippen molar-refractivity contribution in [1.29, 1.82) is 0 Å². The van der Waals surface area contributed by atoms with Crippen LogP contribution in [0, 0.1) is 5.82 Å². The van der Waals surface area contributed by atoms with Gasteiger partial charge < -0.3 is 15.3 Å². The lowest BCUT2D eigenvalue weighted by atomic mass is 10.0. The molecule has 0 spiro atoms. The number of fused-ring (bicyclic) bond motifs is 1. The largest absolute Gasteiger partial charge is 0.476 e. The predicted molar refractivity (Wildman–Crippen MR) is 122 cm³/mol. The molecule has 0 amide bonds. The molecular formula is C22H21ClF3N5O3. The summed E-state index contributed by atoms with van der Waals surface area (Å²) in [6, 6.07) is 4.41. The van der Waals surface area contributed by atoms with E-state index in [-0.39, 0.29) is 59.3 Å². The van der Waals surface area contributed by atoms with E-state index in [0.29, 0.717) is 5.56 Å². The molecule has 0 saturated carbocycles. The van der Waals surface area contributed by atoms with Crippen LogP contribution in [0.15, 0.2) is 29.1 Å². The summed E-state index contributed by atoms with van der Waals surface area (Å²) in [7, 11) is 1.46. The van der Waals surface area contributed by atoms with Crippen LogP contribution in [-0.2, 0) is 7.05 Å². The van der Waals surface area contributed by atoms with Gasteiger partial charge in [-0.15, -0.1) is 0 Å². The first-order valence-electron chi connectivity index (χ1n) is 10.5. The minimum atomic E-state index is -2.77. The van der Waals surface area contributed by atoms with Crippen molar-refractivity contribution in [2.45, 2.75) is 31.7 Å². The number of rotatable bonds is 5. The Hall–Kier alpha value is -3.34. The average Bonchev–Trinajstić information content (AvgIpc) is 2.77. The number of nitrogens with one attached hydrogen (secondary N) is 1. The molecule has 1 aliphatic heterocycles. The van der Waals surface area contributed by atoms with E-state index in [9.17, 15) is 27.9 Å². The summed E-state index contributed by atoms with van der Waals surface area (Å²) < 4.78 is 43.0. The van der Waals surface area contributed by atoms with Crippen LogP contribution >= 0.6 is 11.6 Å². The number of halogens is 4. The van der Waals surface area contributed by atoms with Gasteiger partial charge in [0, 0.05) is 38.5 Å². The predicted octanol–water partition coefficient (Wildman–Crippen LogP) is 4.23. The quantitative estimate of drug-likeness (QED) is 0.511. The topological polar surface area (TPSA) is 100 Å². The number of carbonyl (C=O) groups is 1. The van der Waals surface area contributed by atoms with Gasteiger partial charge in [0.25, 0.3) is 11.5 Å². The van der Waals surface area contributed by atoms with Gasteiger partial charge in [-0.1, -0.05) is 11.6 Å². The van der Waals surface area contributed by atoms with E-state index >= 15 is 0 Å². The summed E-state index contributed by atoms with van der Waals surface area (Å²) in [5, 5.41) is 12.4. The summed E-state index contributed by atoms with van der Waals surface area (Å²) >= 11 is 5.80. The fourth-order valence-electron chi connectivity index (χ4n) is 4.03. The summed E-state index contributed by atoms with van der Waals surface area (Å²) in [6.45, 7) is 1.68. The van der Waals surface area contributed by atoms with Gasteiger partial charge in [0.15, 0.2) is 5.69 Å². The molecule has 8 nitrogen and oxygen atoms in total. The Labute approximate surface area is 197 Å². The van der Waals surface area contributed by atoms with Crippen molar-refractivity contribution in [1.82, 2.24) is 14.5 Å². The summed E-state index contributed by atoms with van der Waals surface area (Å²) in [6.07, 6.45) is -0.729. The lowest BCUT2D eigenvalue weighted by molar-refractivity contribution is -0.0223. The highest BCUT2D eigenvalue weighted by Crippen LogP contribution is 2.32. The number of benzene rings is 1. The monoisotopic (exact) mass is 495 g/mol. The van der Waals surface area contributed by atoms with Crippen LogP contribution in [0.25, 0.3) is 10.9 Å². The second-order valence-electron chi connectivity index (χ2n) is 8.21.